The summed E-state index contributed by atoms with van der Waals surface area (Å²) >= 11 is 0. The maximum Gasteiger partial charge on any atom is 0.314 e. The molecule has 0 unspecified atom stereocenters. The fourth-order valence-electron chi connectivity index (χ4n) is 1.65. The van der Waals surface area contributed by atoms with Gasteiger partial charge < -0.3 is 15.7 Å². The molecule has 1 heterocycles. The monoisotopic (exact) mass is 285 g/mol. The first kappa shape index (κ1) is 14.0. The molecule has 9 nitrogen and oxygen atoms in total. The van der Waals surface area contributed by atoms with Crippen LogP contribution in [0.1, 0.15) is 5.56 Å². The third-order valence-electron chi connectivity index (χ3n) is 2.72. The Kier molecular flexibility index (Phi) is 3.53. The highest BCUT2D eigenvalue weighted by molar-refractivity contribution is 6.45. The number of nitrogens with zero attached hydrogens (tertiary/aromatic N) is 2. The summed E-state index contributed by atoms with van der Waals surface area (Å²) in [6.45, 7) is 1.75. The first-order valence-electron chi connectivity index (χ1n) is 5.77. The molecule has 0 saturated heterocycles. The standard InChI is InChI=1S/C12H11N7O2/c1-5-2-7-8(17-12(21)11(20)16-7)3-6(5)18-19-9(4-13)10(14)15/h2-3,18H,1H3,(H3,14,15)(H,16,20)(H,17,21)/b19-9+. The lowest BCUT2D eigenvalue weighted by Crippen LogP contribution is -2.29. The number of nitrogens with one attached hydrogen (secondary N) is 4. The van der Waals surface area contributed by atoms with Crippen molar-refractivity contribution in [2.45, 2.75) is 6.92 Å². The van der Waals surface area contributed by atoms with Crippen LogP contribution in [0.5, 0.6) is 0 Å². The lowest BCUT2D eigenvalue weighted by Gasteiger charge is -2.07. The van der Waals surface area contributed by atoms with Gasteiger partial charge >= 0.3 is 11.1 Å². The maximum atomic E-state index is 11.3. The predicted molar refractivity (Wildman–Crippen MR) is 78.5 cm³/mol. The van der Waals surface area contributed by atoms with Crippen molar-refractivity contribution in [2.75, 3.05) is 5.43 Å². The second kappa shape index (κ2) is 5.30. The lowest BCUT2D eigenvalue weighted by atomic mass is 10.2. The zero-order chi connectivity index (χ0) is 15.6. The zero-order valence-corrected chi connectivity index (χ0v) is 10.9. The van der Waals surface area contributed by atoms with Crippen LogP contribution in [0, 0.1) is 23.7 Å². The average Bonchev–Trinajstić information content (AvgIpc) is 2.41. The Labute approximate surface area is 117 Å². The summed E-state index contributed by atoms with van der Waals surface area (Å²) in [6, 6.07) is 4.88. The molecule has 0 saturated carbocycles. The quantitative estimate of drug-likeness (QED) is 0.227. The summed E-state index contributed by atoms with van der Waals surface area (Å²) in [6.07, 6.45) is 0. The minimum atomic E-state index is -0.762. The molecule has 0 amide bonds. The van der Waals surface area contributed by atoms with Crippen LogP contribution in [0.2, 0.25) is 0 Å². The number of nitrogens with two attached hydrogens (primary N) is 1. The number of fused-ring (bicyclic) bond motifs is 1. The van der Waals surface area contributed by atoms with Crippen LogP contribution in [-0.2, 0) is 0 Å². The fraction of sp³-hybridized carbons (Fsp3) is 0.0833. The number of benzene rings is 1. The van der Waals surface area contributed by atoms with E-state index in [1.54, 1.807) is 25.1 Å². The number of aromatic nitrogens is 2. The van der Waals surface area contributed by atoms with Crippen molar-refractivity contribution in [1.82, 2.24) is 9.97 Å². The molecule has 0 bridgehead atoms. The number of rotatable bonds is 3. The summed E-state index contributed by atoms with van der Waals surface area (Å²) in [4.78, 5) is 27.4. The Morgan fingerprint density at radius 2 is 1.90 bits per heavy atom. The second-order valence-electron chi connectivity index (χ2n) is 4.22. The third-order valence-corrected chi connectivity index (χ3v) is 2.72. The van der Waals surface area contributed by atoms with Gasteiger partial charge in [0.05, 0.1) is 16.7 Å². The molecular weight excluding hydrogens is 274 g/mol. The summed E-state index contributed by atoms with van der Waals surface area (Å²) in [7, 11) is 0. The van der Waals surface area contributed by atoms with E-state index in [0.29, 0.717) is 16.7 Å². The van der Waals surface area contributed by atoms with Crippen molar-refractivity contribution in [3.05, 3.63) is 38.4 Å². The first-order chi connectivity index (χ1) is 9.92. The number of hydrogen-bond acceptors (Lipinski definition) is 6. The number of hydrazone groups is 1. The molecule has 0 radical (unpaired) electrons. The molecule has 9 heteroatoms. The van der Waals surface area contributed by atoms with E-state index < -0.39 is 17.0 Å². The molecule has 21 heavy (non-hydrogen) atoms. The molecule has 6 N–H and O–H groups in total. The van der Waals surface area contributed by atoms with Gasteiger partial charge in [0.2, 0.25) is 5.71 Å². The van der Waals surface area contributed by atoms with Gasteiger partial charge in [0.1, 0.15) is 6.07 Å². The van der Waals surface area contributed by atoms with Crippen LogP contribution >= 0.6 is 0 Å². The maximum absolute atomic E-state index is 11.3. The van der Waals surface area contributed by atoms with Crippen molar-refractivity contribution < 1.29 is 0 Å². The van der Waals surface area contributed by atoms with E-state index in [0.717, 1.165) is 5.56 Å². The molecule has 2 rings (SSSR count). The molecule has 106 valence electrons. The predicted octanol–water partition coefficient (Wildman–Crippen LogP) is -0.248. The summed E-state index contributed by atoms with van der Waals surface area (Å²) in [5.74, 6) is -0.457. The number of nitriles is 1. The molecule has 1 aromatic carbocycles. The average molecular weight is 285 g/mol. The van der Waals surface area contributed by atoms with Crippen molar-refractivity contribution in [1.29, 1.82) is 10.7 Å². The van der Waals surface area contributed by atoms with Crippen molar-refractivity contribution in [2.24, 2.45) is 10.8 Å². The van der Waals surface area contributed by atoms with Crippen LogP contribution in [0.15, 0.2) is 26.8 Å². The Bertz CT molecular complexity index is 914. The SMILES string of the molecule is Cc1cc2[nH]c(=O)c(=O)[nH]c2cc1N/N=C(\C#N)C(=N)N. The number of anilines is 1. The van der Waals surface area contributed by atoms with Gasteiger partial charge in [-0.25, -0.2) is 0 Å². The second-order valence-corrected chi connectivity index (χ2v) is 4.22. The number of aromatic amines is 2. The van der Waals surface area contributed by atoms with Gasteiger partial charge in [-0.15, -0.1) is 0 Å². The summed E-state index contributed by atoms with van der Waals surface area (Å²) in [5.41, 5.74) is 8.12. The number of amidine groups is 1. The van der Waals surface area contributed by atoms with Gasteiger partial charge in [0.15, 0.2) is 5.84 Å². The molecule has 0 spiro atoms. The summed E-state index contributed by atoms with van der Waals surface area (Å²) in [5, 5.41) is 19.6. The minimum Gasteiger partial charge on any atom is -0.382 e. The molecule has 1 aromatic heterocycles. The minimum absolute atomic E-state index is 0.260. The van der Waals surface area contributed by atoms with Gasteiger partial charge in [-0.05, 0) is 24.6 Å². The van der Waals surface area contributed by atoms with Crippen LogP contribution in [0.3, 0.4) is 0 Å². The molecule has 0 aliphatic heterocycles. The van der Waals surface area contributed by atoms with E-state index in [4.69, 9.17) is 16.4 Å². The fourth-order valence-corrected chi connectivity index (χ4v) is 1.65. The highest BCUT2D eigenvalue weighted by atomic mass is 16.2. The van der Waals surface area contributed by atoms with E-state index in [1.165, 1.54) is 0 Å². The zero-order valence-electron chi connectivity index (χ0n) is 10.9. The van der Waals surface area contributed by atoms with E-state index in [2.05, 4.69) is 20.5 Å². The molecule has 0 aliphatic carbocycles. The van der Waals surface area contributed by atoms with Crippen LogP contribution in [0.4, 0.5) is 5.69 Å². The van der Waals surface area contributed by atoms with E-state index in [9.17, 15) is 9.59 Å². The number of hydrogen-bond donors (Lipinski definition) is 5. The normalized spacial score (nSPS) is 11.1. The van der Waals surface area contributed by atoms with Crippen molar-refractivity contribution >= 4 is 28.3 Å². The molecule has 2 aromatic rings. The topological polar surface area (TPSA) is 164 Å². The first-order valence-corrected chi connectivity index (χ1v) is 5.77. The highest BCUT2D eigenvalue weighted by Gasteiger charge is 2.06. The van der Waals surface area contributed by atoms with E-state index in [1.807, 2.05) is 0 Å². The van der Waals surface area contributed by atoms with Crippen LogP contribution in [0.25, 0.3) is 11.0 Å². The number of aryl methyl sites for hydroxylation is 1. The largest absolute Gasteiger partial charge is 0.382 e. The number of H-pyrrole nitrogens is 2. The molecule has 0 atom stereocenters. The van der Waals surface area contributed by atoms with E-state index >= 15 is 0 Å². The van der Waals surface area contributed by atoms with Gasteiger partial charge in [0.25, 0.3) is 0 Å². The summed E-state index contributed by atoms with van der Waals surface area (Å²) < 4.78 is 0. The van der Waals surface area contributed by atoms with Gasteiger partial charge in [0, 0.05) is 0 Å². The van der Waals surface area contributed by atoms with Crippen molar-refractivity contribution in [3.63, 3.8) is 0 Å². The van der Waals surface area contributed by atoms with Gasteiger partial charge in [-0.2, -0.15) is 10.4 Å². The molecule has 0 fully saturated rings. The smallest absolute Gasteiger partial charge is 0.314 e. The van der Waals surface area contributed by atoms with Gasteiger partial charge in [-0.1, -0.05) is 0 Å². The van der Waals surface area contributed by atoms with Crippen LogP contribution in [-0.4, -0.2) is 21.5 Å². The Morgan fingerprint density at radius 1 is 1.33 bits per heavy atom. The van der Waals surface area contributed by atoms with Gasteiger partial charge in [-0.3, -0.25) is 20.4 Å². The Hall–Kier alpha value is -3.41. The molecule has 0 aliphatic rings. The third kappa shape index (κ3) is 2.79. The van der Waals surface area contributed by atoms with E-state index in [-0.39, 0.29) is 5.71 Å². The van der Waals surface area contributed by atoms with Crippen LogP contribution < -0.4 is 22.3 Å². The van der Waals surface area contributed by atoms with Crippen molar-refractivity contribution in [3.8, 4) is 6.07 Å². The Morgan fingerprint density at radius 3 is 2.43 bits per heavy atom. The highest BCUT2D eigenvalue weighted by Crippen LogP contribution is 2.19. The molecular formula is C12H11N7O2. The lowest BCUT2D eigenvalue weighted by molar-refractivity contribution is 1.14. The Balaban J connectivity index is 2.51.